The maximum absolute atomic E-state index is 13.2. The van der Waals surface area contributed by atoms with Crippen LogP contribution in [0.5, 0.6) is 0 Å². The number of rotatable bonds is 5. The van der Waals surface area contributed by atoms with Crippen molar-refractivity contribution in [3.8, 4) is 11.4 Å². The first kappa shape index (κ1) is 18.3. The zero-order valence-electron chi connectivity index (χ0n) is 15.4. The molecule has 5 heteroatoms. The van der Waals surface area contributed by atoms with Crippen LogP contribution in [0, 0.1) is 17.7 Å². The van der Waals surface area contributed by atoms with Crippen molar-refractivity contribution in [1.82, 2.24) is 9.97 Å². The molecule has 4 rings (SSSR count). The van der Waals surface area contributed by atoms with Gasteiger partial charge in [0.15, 0.2) is 11.6 Å². The molecular formula is C23H21FN2O2. The molecule has 2 atom stereocenters. The van der Waals surface area contributed by atoms with Crippen molar-refractivity contribution in [2.75, 3.05) is 0 Å². The summed E-state index contributed by atoms with van der Waals surface area (Å²) in [6.07, 6.45) is 6.70. The number of halogens is 1. The first-order chi connectivity index (χ1) is 13.6. The number of nitrogens with zero attached hydrogens (tertiary/aromatic N) is 1. The molecule has 0 amide bonds. The summed E-state index contributed by atoms with van der Waals surface area (Å²) in [5.74, 6) is -0.362. The van der Waals surface area contributed by atoms with E-state index in [0.29, 0.717) is 24.0 Å². The van der Waals surface area contributed by atoms with Gasteiger partial charge in [0.25, 0.3) is 0 Å². The highest BCUT2D eigenvalue weighted by Gasteiger charge is 2.36. The number of Topliss-reactive ketones (excluding diaryl/α,β-unsaturated/α-hetero) is 2. The lowest BCUT2D eigenvalue weighted by atomic mass is 9.72. The minimum Gasteiger partial charge on any atom is -0.345 e. The normalized spacial score (nSPS) is 19.3. The number of hydrogen-bond acceptors (Lipinski definition) is 3. The molecule has 1 fully saturated rings. The van der Waals surface area contributed by atoms with Crippen LogP contribution in [0.3, 0.4) is 0 Å². The van der Waals surface area contributed by atoms with Gasteiger partial charge in [0.05, 0.1) is 0 Å². The lowest BCUT2D eigenvalue weighted by Crippen LogP contribution is -2.33. The summed E-state index contributed by atoms with van der Waals surface area (Å²) in [4.78, 5) is 33.4. The molecular weight excluding hydrogens is 355 g/mol. The molecule has 0 saturated heterocycles. The third-order valence-electron chi connectivity index (χ3n) is 5.51. The first-order valence-electron chi connectivity index (χ1n) is 9.57. The predicted octanol–water partition coefficient (Wildman–Crippen LogP) is 5.09. The van der Waals surface area contributed by atoms with Gasteiger partial charge >= 0.3 is 0 Å². The van der Waals surface area contributed by atoms with Gasteiger partial charge in [0.1, 0.15) is 11.6 Å². The summed E-state index contributed by atoms with van der Waals surface area (Å²) >= 11 is 0. The summed E-state index contributed by atoms with van der Waals surface area (Å²) < 4.78 is 13.2. The van der Waals surface area contributed by atoms with E-state index in [2.05, 4.69) is 9.97 Å². The molecule has 1 aliphatic carbocycles. The zero-order chi connectivity index (χ0) is 19.5. The van der Waals surface area contributed by atoms with Crippen LogP contribution in [0.4, 0.5) is 4.39 Å². The molecule has 2 aromatic carbocycles. The Morgan fingerprint density at radius 1 is 0.857 bits per heavy atom. The fourth-order valence-electron chi connectivity index (χ4n) is 4.02. The Kier molecular flexibility index (Phi) is 5.15. The quantitative estimate of drug-likeness (QED) is 0.631. The van der Waals surface area contributed by atoms with Crippen LogP contribution in [-0.2, 0) is 0 Å². The van der Waals surface area contributed by atoms with Crippen LogP contribution < -0.4 is 0 Å². The van der Waals surface area contributed by atoms with Crippen molar-refractivity contribution in [1.29, 1.82) is 0 Å². The fraction of sp³-hybridized carbons (Fsp3) is 0.261. The Morgan fingerprint density at radius 2 is 1.39 bits per heavy atom. The Hall–Kier alpha value is -3.08. The number of H-pyrrole nitrogens is 1. The van der Waals surface area contributed by atoms with E-state index < -0.39 is 0 Å². The lowest BCUT2D eigenvalue weighted by Gasteiger charge is -2.29. The van der Waals surface area contributed by atoms with Gasteiger partial charge in [-0.3, -0.25) is 9.59 Å². The largest absolute Gasteiger partial charge is 0.345 e. The molecule has 0 bridgehead atoms. The number of hydrogen-bond donors (Lipinski definition) is 1. The second-order valence-electron chi connectivity index (χ2n) is 7.25. The second kappa shape index (κ2) is 7.89. The maximum atomic E-state index is 13.2. The predicted molar refractivity (Wildman–Crippen MR) is 105 cm³/mol. The van der Waals surface area contributed by atoms with E-state index in [1.165, 1.54) is 24.3 Å². The van der Waals surface area contributed by atoms with Crippen LogP contribution in [0.1, 0.15) is 46.4 Å². The van der Waals surface area contributed by atoms with Crippen molar-refractivity contribution in [3.63, 3.8) is 0 Å². The van der Waals surface area contributed by atoms with Gasteiger partial charge in [-0.05, 0) is 37.1 Å². The van der Waals surface area contributed by atoms with Gasteiger partial charge in [0, 0.05) is 40.9 Å². The van der Waals surface area contributed by atoms with Crippen molar-refractivity contribution in [3.05, 3.63) is 77.9 Å². The number of carbonyl (C=O) groups is 2. The van der Waals surface area contributed by atoms with Crippen LogP contribution in [0.2, 0.25) is 0 Å². The van der Waals surface area contributed by atoms with E-state index >= 15 is 0 Å². The molecule has 0 aliphatic heterocycles. The van der Waals surface area contributed by atoms with Crippen molar-refractivity contribution >= 4 is 11.6 Å². The van der Waals surface area contributed by atoms with Crippen LogP contribution in [-0.4, -0.2) is 21.5 Å². The third kappa shape index (κ3) is 3.65. The molecule has 3 aromatic rings. The smallest absolute Gasteiger partial charge is 0.166 e. The van der Waals surface area contributed by atoms with Gasteiger partial charge < -0.3 is 4.98 Å². The molecule has 142 valence electrons. The average molecular weight is 376 g/mol. The Morgan fingerprint density at radius 3 is 1.89 bits per heavy atom. The molecule has 28 heavy (non-hydrogen) atoms. The monoisotopic (exact) mass is 376 g/mol. The summed E-state index contributed by atoms with van der Waals surface area (Å²) in [6.45, 7) is 0. The highest BCUT2D eigenvalue weighted by atomic mass is 19.1. The van der Waals surface area contributed by atoms with Crippen molar-refractivity contribution in [2.45, 2.75) is 25.7 Å². The van der Waals surface area contributed by atoms with Crippen LogP contribution >= 0.6 is 0 Å². The van der Waals surface area contributed by atoms with Gasteiger partial charge in [-0.1, -0.05) is 37.1 Å². The van der Waals surface area contributed by atoms with Gasteiger partial charge in [-0.15, -0.1) is 0 Å². The first-order valence-corrected chi connectivity index (χ1v) is 9.57. The molecule has 1 aromatic heterocycles. The number of nitrogens with one attached hydrogen (secondary N) is 1. The van der Waals surface area contributed by atoms with Gasteiger partial charge in [0.2, 0.25) is 0 Å². The topological polar surface area (TPSA) is 62.8 Å². The summed E-state index contributed by atoms with van der Waals surface area (Å²) in [6, 6.07) is 12.9. The highest BCUT2D eigenvalue weighted by molar-refractivity contribution is 6.05. The standard InChI is InChI=1S/C23H21FN2O2/c24-18-11-9-16(10-12-18)22(28)20-4-2-1-3-19(20)21(27)15-5-7-17(8-6-15)23-25-13-14-26-23/h5-14,19-20H,1-4H2,(H,25,26). The Labute approximate surface area is 162 Å². The average Bonchev–Trinajstić information content (AvgIpc) is 3.28. The SMILES string of the molecule is O=C(c1ccc(F)cc1)C1CCCCC1C(=O)c1ccc(-c2ncc[nH]2)cc1. The number of benzene rings is 2. The van der Waals surface area contributed by atoms with Crippen LogP contribution in [0.25, 0.3) is 11.4 Å². The number of aromatic nitrogens is 2. The molecule has 2 unspecified atom stereocenters. The lowest BCUT2D eigenvalue weighted by molar-refractivity contribution is 0.0709. The van der Waals surface area contributed by atoms with E-state index in [-0.39, 0.29) is 29.2 Å². The molecule has 1 heterocycles. The second-order valence-corrected chi connectivity index (χ2v) is 7.25. The Bertz CT molecular complexity index is 963. The van der Waals surface area contributed by atoms with E-state index in [1.807, 2.05) is 12.1 Å². The zero-order valence-corrected chi connectivity index (χ0v) is 15.4. The summed E-state index contributed by atoms with van der Waals surface area (Å²) in [5.41, 5.74) is 1.99. The summed E-state index contributed by atoms with van der Waals surface area (Å²) in [5, 5.41) is 0. The molecule has 0 spiro atoms. The van der Waals surface area contributed by atoms with E-state index in [1.54, 1.807) is 24.5 Å². The van der Waals surface area contributed by atoms with E-state index in [4.69, 9.17) is 0 Å². The Balaban J connectivity index is 1.56. The molecule has 1 aliphatic rings. The van der Waals surface area contributed by atoms with Gasteiger partial charge in [-0.25, -0.2) is 9.37 Å². The number of aromatic amines is 1. The molecule has 1 N–H and O–H groups in total. The van der Waals surface area contributed by atoms with E-state index in [0.717, 1.165) is 24.2 Å². The molecule has 1 saturated carbocycles. The fourth-order valence-corrected chi connectivity index (χ4v) is 4.02. The minimum atomic E-state index is -0.371. The molecule has 0 radical (unpaired) electrons. The van der Waals surface area contributed by atoms with Crippen LogP contribution in [0.15, 0.2) is 60.9 Å². The van der Waals surface area contributed by atoms with Crippen molar-refractivity contribution < 1.29 is 14.0 Å². The van der Waals surface area contributed by atoms with E-state index in [9.17, 15) is 14.0 Å². The third-order valence-corrected chi connectivity index (χ3v) is 5.51. The summed E-state index contributed by atoms with van der Waals surface area (Å²) in [7, 11) is 0. The number of imidazole rings is 1. The minimum absolute atomic E-state index is 0.00570. The number of ketones is 2. The molecule has 4 nitrogen and oxygen atoms in total. The number of carbonyl (C=O) groups excluding carboxylic acids is 2. The highest BCUT2D eigenvalue weighted by Crippen LogP contribution is 2.35. The maximum Gasteiger partial charge on any atom is 0.166 e. The van der Waals surface area contributed by atoms with Gasteiger partial charge in [-0.2, -0.15) is 0 Å². The van der Waals surface area contributed by atoms with Crippen molar-refractivity contribution in [2.24, 2.45) is 11.8 Å².